The Morgan fingerprint density at radius 1 is 0.694 bits per heavy atom. The van der Waals surface area contributed by atoms with Crippen molar-refractivity contribution >= 4 is 45.0 Å². The Balaban J connectivity index is 1.31. The number of carbonyl (C=O) groups excluding carboxylic acids is 2. The lowest BCUT2D eigenvalue weighted by Gasteiger charge is -2.00. The van der Waals surface area contributed by atoms with Crippen LogP contribution in [0.5, 0.6) is 11.8 Å². The topological polar surface area (TPSA) is 134 Å². The predicted molar refractivity (Wildman–Crippen MR) is 136 cm³/mol. The average Bonchev–Trinajstić information content (AvgIpc) is 3.32. The lowest BCUT2D eigenvalue weighted by atomic mass is 10.2. The van der Waals surface area contributed by atoms with Gasteiger partial charge in [-0.05, 0) is 38.8 Å². The number of benzene rings is 2. The van der Waals surface area contributed by atoms with Crippen LogP contribution in [0.15, 0.2) is 69.0 Å². The third-order valence-corrected chi connectivity index (χ3v) is 6.02. The maximum absolute atomic E-state index is 12.2. The summed E-state index contributed by atoms with van der Waals surface area (Å²) < 4.78 is 3.40. The van der Waals surface area contributed by atoms with Gasteiger partial charge in [0, 0.05) is 36.7 Å². The number of unbranched alkanes of at least 4 members (excludes halogenated alkanes) is 1. The van der Waals surface area contributed by atoms with Gasteiger partial charge in [0.05, 0.1) is 11.0 Å². The Kier molecular flexibility index (Phi) is 7.53. The van der Waals surface area contributed by atoms with Crippen LogP contribution in [0.4, 0.5) is 11.4 Å². The number of rotatable bonds is 9. The maximum atomic E-state index is 12.2. The van der Waals surface area contributed by atoms with Crippen LogP contribution in [-0.2, 0) is 22.7 Å². The minimum atomic E-state index is -0.436. The van der Waals surface area contributed by atoms with E-state index in [1.54, 1.807) is 9.13 Å². The van der Waals surface area contributed by atoms with E-state index in [1.165, 1.54) is 0 Å². The van der Waals surface area contributed by atoms with Crippen LogP contribution < -0.4 is 0 Å². The standard InChI is InChI=1S/C26H28N6O4/c1-3-31-19-13-7-5-11-17(19)23(25(31)35)29-27-21(33)15-9-10-16-22(34)28-30-24-18-12-6-8-14-20(18)32(4-2)26(24)36/h5-8,11-14,35-36H,3-4,9-10,15-16H2,1-2H3. The van der Waals surface area contributed by atoms with E-state index in [0.29, 0.717) is 25.9 Å². The second-order valence-electron chi connectivity index (χ2n) is 8.26. The molecule has 4 rings (SSSR count). The molecule has 0 atom stereocenters. The second-order valence-corrected chi connectivity index (χ2v) is 8.26. The molecular formula is C26H28N6O4. The normalized spacial score (nSPS) is 11.9. The van der Waals surface area contributed by atoms with E-state index in [9.17, 15) is 19.8 Å². The molecular weight excluding hydrogens is 460 g/mol. The predicted octanol–water partition coefficient (Wildman–Crippen LogP) is 6.53. The van der Waals surface area contributed by atoms with Gasteiger partial charge in [-0.15, -0.1) is 20.5 Å². The molecule has 0 saturated heterocycles. The molecule has 10 heteroatoms. The summed E-state index contributed by atoms with van der Waals surface area (Å²) in [6.07, 6.45) is 1.10. The fourth-order valence-electron chi connectivity index (χ4n) is 4.24. The van der Waals surface area contributed by atoms with Gasteiger partial charge in [-0.3, -0.25) is 9.59 Å². The summed E-state index contributed by atoms with van der Waals surface area (Å²) in [4.78, 5) is 24.4. The third-order valence-electron chi connectivity index (χ3n) is 6.02. The highest BCUT2D eigenvalue weighted by Gasteiger charge is 2.16. The molecule has 4 aromatic rings. The highest BCUT2D eigenvalue weighted by molar-refractivity contribution is 5.96. The molecule has 0 aliphatic heterocycles. The molecule has 186 valence electrons. The van der Waals surface area contributed by atoms with E-state index in [0.717, 1.165) is 21.8 Å². The van der Waals surface area contributed by atoms with Crippen molar-refractivity contribution in [3.63, 3.8) is 0 Å². The van der Waals surface area contributed by atoms with Crippen molar-refractivity contribution in [2.75, 3.05) is 0 Å². The van der Waals surface area contributed by atoms with Crippen molar-refractivity contribution in [1.29, 1.82) is 0 Å². The van der Waals surface area contributed by atoms with Crippen molar-refractivity contribution < 1.29 is 19.8 Å². The number of carbonyl (C=O) groups is 2. The van der Waals surface area contributed by atoms with Crippen molar-refractivity contribution in [3.8, 4) is 11.8 Å². The first-order valence-electron chi connectivity index (χ1n) is 12.0. The van der Waals surface area contributed by atoms with Gasteiger partial charge in [0.2, 0.25) is 11.8 Å². The maximum Gasteiger partial charge on any atom is 0.264 e. The zero-order chi connectivity index (χ0) is 25.7. The number of fused-ring (bicyclic) bond motifs is 2. The highest BCUT2D eigenvalue weighted by atomic mass is 16.3. The minimum Gasteiger partial charge on any atom is -0.493 e. The van der Waals surface area contributed by atoms with Crippen LogP contribution >= 0.6 is 0 Å². The van der Waals surface area contributed by atoms with Crippen molar-refractivity contribution in [3.05, 3.63) is 48.5 Å². The van der Waals surface area contributed by atoms with Crippen molar-refractivity contribution in [2.45, 2.75) is 52.6 Å². The Morgan fingerprint density at radius 3 is 1.47 bits per heavy atom. The van der Waals surface area contributed by atoms with Crippen LogP contribution in [0.1, 0.15) is 39.5 Å². The number of aromatic nitrogens is 2. The van der Waals surface area contributed by atoms with Gasteiger partial charge < -0.3 is 19.3 Å². The highest BCUT2D eigenvalue weighted by Crippen LogP contribution is 2.39. The first-order chi connectivity index (χ1) is 17.5. The van der Waals surface area contributed by atoms with Gasteiger partial charge in [-0.2, -0.15) is 0 Å². The molecule has 2 amide bonds. The van der Waals surface area contributed by atoms with E-state index in [-0.39, 0.29) is 36.0 Å². The van der Waals surface area contributed by atoms with Gasteiger partial charge >= 0.3 is 0 Å². The van der Waals surface area contributed by atoms with E-state index < -0.39 is 11.8 Å². The number of azo groups is 2. The number of aryl methyl sites for hydroxylation is 2. The van der Waals surface area contributed by atoms with E-state index in [4.69, 9.17) is 0 Å². The quantitative estimate of drug-likeness (QED) is 0.205. The Morgan fingerprint density at radius 2 is 1.08 bits per heavy atom. The lowest BCUT2D eigenvalue weighted by molar-refractivity contribution is -0.120. The Labute approximate surface area is 207 Å². The summed E-state index contributed by atoms with van der Waals surface area (Å²) in [6.45, 7) is 4.93. The summed E-state index contributed by atoms with van der Waals surface area (Å²) in [5.74, 6) is -0.929. The first-order valence-corrected chi connectivity index (χ1v) is 12.0. The number of nitrogens with zero attached hydrogens (tertiary/aromatic N) is 6. The molecule has 0 saturated carbocycles. The van der Waals surface area contributed by atoms with Crippen LogP contribution in [-0.4, -0.2) is 31.2 Å². The van der Waals surface area contributed by atoms with Gasteiger partial charge in [-0.1, -0.05) is 36.4 Å². The van der Waals surface area contributed by atoms with E-state index in [1.807, 2.05) is 62.4 Å². The molecule has 0 aliphatic carbocycles. The van der Waals surface area contributed by atoms with Crippen LogP contribution in [0.3, 0.4) is 0 Å². The Bertz CT molecular complexity index is 1370. The Hall–Kier alpha value is -4.34. The monoisotopic (exact) mass is 488 g/mol. The SMILES string of the molecule is CCn1c(O)c(N=NC(=O)CCCCC(=O)N=Nc2c(O)n(CC)c3ccccc23)c2ccccc21. The molecule has 0 aliphatic rings. The molecule has 0 bridgehead atoms. The van der Waals surface area contributed by atoms with Gasteiger partial charge in [0.25, 0.3) is 11.8 Å². The second kappa shape index (κ2) is 10.9. The molecule has 2 aromatic carbocycles. The number of para-hydroxylation sites is 2. The molecule has 0 unspecified atom stereocenters. The summed E-state index contributed by atoms with van der Waals surface area (Å²) in [7, 11) is 0. The molecule has 2 aromatic heterocycles. The van der Waals surface area contributed by atoms with Crippen LogP contribution in [0, 0.1) is 0 Å². The lowest BCUT2D eigenvalue weighted by Crippen LogP contribution is -1.95. The summed E-state index contributed by atoms with van der Waals surface area (Å²) in [6, 6.07) is 14.8. The fourth-order valence-corrected chi connectivity index (χ4v) is 4.24. The third kappa shape index (κ3) is 4.88. The molecule has 2 heterocycles. The molecule has 2 N–H and O–H groups in total. The van der Waals surface area contributed by atoms with Gasteiger partial charge in [-0.25, -0.2) is 0 Å². The van der Waals surface area contributed by atoms with Gasteiger partial charge in [0.15, 0.2) is 11.4 Å². The molecule has 0 spiro atoms. The summed E-state index contributed by atoms with van der Waals surface area (Å²) in [5, 5.41) is 37.8. The molecule has 0 radical (unpaired) electrons. The summed E-state index contributed by atoms with van der Waals surface area (Å²) in [5.41, 5.74) is 2.17. The minimum absolute atomic E-state index is 0.0284. The van der Waals surface area contributed by atoms with Crippen molar-refractivity contribution in [1.82, 2.24) is 9.13 Å². The first kappa shape index (κ1) is 24.8. The zero-order valence-corrected chi connectivity index (χ0v) is 20.3. The number of hydrogen-bond donors (Lipinski definition) is 2. The fraction of sp³-hybridized carbons (Fsp3) is 0.308. The smallest absolute Gasteiger partial charge is 0.264 e. The largest absolute Gasteiger partial charge is 0.493 e. The van der Waals surface area contributed by atoms with Crippen molar-refractivity contribution in [2.24, 2.45) is 20.5 Å². The van der Waals surface area contributed by atoms with E-state index in [2.05, 4.69) is 20.5 Å². The average molecular weight is 489 g/mol. The molecule has 0 fully saturated rings. The van der Waals surface area contributed by atoms with Crippen LogP contribution in [0.2, 0.25) is 0 Å². The number of amides is 2. The summed E-state index contributed by atoms with van der Waals surface area (Å²) >= 11 is 0. The number of hydrogen-bond acceptors (Lipinski definition) is 6. The number of aromatic hydroxyl groups is 2. The zero-order valence-electron chi connectivity index (χ0n) is 20.3. The van der Waals surface area contributed by atoms with E-state index >= 15 is 0 Å². The molecule has 10 nitrogen and oxygen atoms in total. The van der Waals surface area contributed by atoms with Gasteiger partial charge in [0.1, 0.15) is 0 Å². The van der Waals surface area contributed by atoms with Crippen LogP contribution in [0.25, 0.3) is 21.8 Å². The molecule has 36 heavy (non-hydrogen) atoms.